The molecule has 1 N–H and O–H groups in total. The maximum atomic E-state index is 13.9. The van der Waals surface area contributed by atoms with Gasteiger partial charge in [-0.25, -0.2) is 9.40 Å². The van der Waals surface area contributed by atoms with E-state index in [4.69, 9.17) is 0 Å². The van der Waals surface area contributed by atoms with Crippen molar-refractivity contribution >= 4 is 11.6 Å². The molecule has 0 spiro atoms. The first-order valence-electron chi connectivity index (χ1n) is 6.26. The molecule has 1 aliphatic heterocycles. The van der Waals surface area contributed by atoms with Crippen LogP contribution in [0.5, 0.6) is 0 Å². The van der Waals surface area contributed by atoms with Crippen LogP contribution < -0.4 is 5.43 Å². The van der Waals surface area contributed by atoms with Crippen molar-refractivity contribution < 1.29 is 18.5 Å². The number of hydrogen-bond donors (Lipinski definition) is 1. The zero-order valence-electron chi connectivity index (χ0n) is 11.3. The summed E-state index contributed by atoms with van der Waals surface area (Å²) in [5.41, 5.74) is 0.691. The van der Waals surface area contributed by atoms with E-state index in [1.54, 1.807) is 5.01 Å². The van der Waals surface area contributed by atoms with Crippen molar-refractivity contribution in [3.05, 3.63) is 39.4 Å². The number of carbonyl (C=O) groups is 1. The van der Waals surface area contributed by atoms with Crippen molar-refractivity contribution in [2.75, 3.05) is 33.2 Å². The van der Waals surface area contributed by atoms with Gasteiger partial charge in [-0.05, 0) is 13.1 Å². The van der Waals surface area contributed by atoms with E-state index >= 15 is 0 Å². The van der Waals surface area contributed by atoms with E-state index in [9.17, 15) is 23.7 Å². The minimum absolute atomic E-state index is 0.446. The fraction of sp³-hybridized carbons (Fsp3) is 0.417. The number of hydrazine groups is 1. The topological polar surface area (TPSA) is 78.7 Å². The van der Waals surface area contributed by atoms with E-state index in [0.29, 0.717) is 38.3 Å². The highest BCUT2D eigenvalue weighted by Crippen LogP contribution is 2.22. The second-order valence-corrected chi connectivity index (χ2v) is 4.77. The average molecular weight is 300 g/mol. The molecule has 0 radical (unpaired) electrons. The molecule has 1 aromatic rings. The number of rotatable bonds is 3. The summed E-state index contributed by atoms with van der Waals surface area (Å²) >= 11 is 0. The van der Waals surface area contributed by atoms with Crippen molar-refractivity contribution in [3.63, 3.8) is 0 Å². The Bertz CT molecular complexity index is 574. The van der Waals surface area contributed by atoms with E-state index in [1.165, 1.54) is 0 Å². The molecule has 1 aliphatic rings. The van der Waals surface area contributed by atoms with Crippen molar-refractivity contribution in [3.8, 4) is 0 Å². The quantitative estimate of drug-likeness (QED) is 0.659. The summed E-state index contributed by atoms with van der Waals surface area (Å²) in [6.07, 6.45) is 0. The second kappa shape index (κ2) is 6.10. The van der Waals surface area contributed by atoms with Crippen LogP contribution in [0.1, 0.15) is 10.4 Å². The predicted octanol–water partition coefficient (Wildman–Crippen LogP) is 0.765. The number of hydrogen-bond acceptors (Lipinski definition) is 5. The van der Waals surface area contributed by atoms with Crippen LogP contribution in [0.4, 0.5) is 14.5 Å². The lowest BCUT2D eigenvalue weighted by molar-refractivity contribution is -0.387. The zero-order chi connectivity index (χ0) is 15.6. The Morgan fingerprint density at radius 3 is 2.48 bits per heavy atom. The first-order valence-corrected chi connectivity index (χ1v) is 6.26. The minimum atomic E-state index is -1.34. The molecular formula is C12H14F2N4O3. The number of likely N-dealkylation sites (N-methyl/N-ethyl adjacent to an activating group) is 1. The number of nitro groups is 1. The maximum absolute atomic E-state index is 13.9. The molecule has 0 aliphatic carbocycles. The van der Waals surface area contributed by atoms with Crippen LogP contribution >= 0.6 is 0 Å². The van der Waals surface area contributed by atoms with E-state index in [2.05, 4.69) is 10.3 Å². The van der Waals surface area contributed by atoms with Gasteiger partial charge in [0.1, 0.15) is 5.82 Å². The number of amides is 1. The van der Waals surface area contributed by atoms with Crippen molar-refractivity contribution in [2.45, 2.75) is 0 Å². The van der Waals surface area contributed by atoms with Crippen LogP contribution in [-0.4, -0.2) is 54.0 Å². The SMILES string of the molecule is CN1CCN(NC(=O)c2cc(F)cc([N+](=O)[O-])c2F)CC1. The molecule has 21 heavy (non-hydrogen) atoms. The van der Waals surface area contributed by atoms with Gasteiger partial charge in [0.05, 0.1) is 16.6 Å². The number of nitrogens with one attached hydrogen (secondary N) is 1. The Labute approximate surface area is 119 Å². The number of piperazine rings is 1. The van der Waals surface area contributed by atoms with Crippen LogP contribution in [0.3, 0.4) is 0 Å². The second-order valence-electron chi connectivity index (χ2n) is 4.77. The molecule has 0 bridgehead atoms. The summed E-state index contributed by atoms with van der Waals surface area (Å²) in [7, 11) is 1.93. The van der Waals surface area contributed by atoms with Gasteiger partial charge >= 0.3 is 5.69 Å². The zero-order valence-corrected chi connectivity index (χ0v) is 11.3. The van der Waals surface area contributed by atoms with Gasteiger partial charge in [0.2, 0.25) is 5.82 Å². The molecule has 1 fully saturated rings. The number of nitrogens with zero attached hydrogens (tertiary/aromatic N) is 3. The lowest BCUT2D eigenvalue weighted by Gasteiger charge is -2.32. The Morgan fingerprint density at radius 1 is 1.29 bits per heavy atom. The lowest BCUT2D eigenvalue weighted by atomic mass is 10.1. The molecule has 1 saturated heterocycles. The first kappa shape index (κ1) is 15.3. The molecule has 114 valence electrons. The number of benzene rings is 1. The summed E-state index contributed by atoms with van der Waals surface area (Å²) < 4.78 is 27.2. The van der Waals surface area contributed by atoms with Crippen LogP contribution in [-0.2, 0) is 0 Å². The van der Waals surface area contributed by atoms with Gasteiger partial charge < -0.3 is 4.90 Å². The van der Waals surface area contributed by atoms with E-state index in [0.717, 1.165) is 0 Å². The highest BCUT2D eigenvalue weighted by Gasteiger charge is 2.25. The van der Waals surface area contributed by atoms with Crippen LogP contribution in [0.2, 0.25) is 0 Å². The largest absolute Gasteiger partial charge is 0.308 e. The van der Waals surface area contributed by atoms with E-state index in [1.807, 2.05) is 7.05 Å². The molecule has 1 amide bonds. The van der Waals surface area contributed by atoms with Gasteiger partial charge in [0.15, 0.2) is 0 Å². The minimum Gasteiger partial charge on any atom is -0.304 e. The number of carbonyl (C=O) groups excluding carboxylic acids is 1. The molecular weight excluding hydrogens is 286 g/mol. The summed E-state index contributed by atoms with van der Waals surface area (Å²) in [5, 5.41) is 12.2. The maximum Gasteiger partial charge on any atom is 0.308 e. The summed E-state index contributed by atoms with van der Waals surface area (Å²) in [6.45, 7) is 2.49. The molecule has 7 nitrogen and oxygen atoms in total. The third-order valence-corrected chi connectivity index (χ3v) is 3.22. The van der Waals surface area contributed by atoms with Gasteiger partial charge in [0.25, 0.3) is 5.91 Å². The lowest BCUT2D eigenvalue weighted by Crippen LogP contribution is -2.52. The molecule has 0 aromatic heterocycles. The van der Waals surface area contributed by atoms with Gasteiger partial charge in [0, 0.05) is 26.2 Å². The van der Waals surface area contributed by atoms with Gasteiger partial charge in [-0.2, -0.15) is 4.39 Å². The fourth-order valence-electron chi connectivity index (χ4n) is 2.00. The monoisotopic (exact) mass is 300 g/mol. The predicted molar refractivity (Wildman–Crippen MR) is 69.5 cm³/mol. The highest BCUT2D eigenvalue weighted by molar-refractivity contribution is 5.94. The number of halogens is 2. The van der Waals surface area contributed by atoms with Crippen LogP contribution in [0, 0.1) is 21.7 Å². The summed E-state index contributed by atoms with van der Waals surface area (Å²) in [6, 6.07) is 1.09. The van der Waals surface area contributed by atoms with Gasteiger partial charge in [-0.3, -0.25) is 20.3 Å². The highest BCUT2D eigenvalue weighted by atomic mass is 19.1. The Kier molecular flexibility index (Phi) is 4.43. The van der Waals surface area contributed by atoms with Crippen molar-refractivity contribution in [1.29, 1.82) is 0 Å². The standard InChI is InChI=1S/C12H14F2N4O3/c1-16-2-4-17(5-3-16)15-12(19)9-6-8(13)7-10(11(9)14)18(20)21/h6-7H,2-5H2,1H3,(H,15,19). The summed E-state index contributed by atoms with van der Waals surface area (Å²) in [4.78, 5) is 23.6. The molecule has 0 saturated carbocycles. The molecule has 1 aromatic carbocycles. The Morgan fingerprint density at radius 2 is 1.90 bits per heavy atom. The molecule has 9 heteroatoms. The Balaban J connectivity index is 2.17. The third kappa shape index (κ3) is 3.50. The van der Waals surface area contributed by atoms with E-state index < -0.39 is 33.7 Å². The van der Waals surface area contributed by atoms with E-state index in [-0.39, 0.29) is 0 Å². The molecule has 2 rings (SSSR count). The Hall–Kier alpha value is -2.13. The van der Waals surface area contributed by atoms with Gasteiger partial charge in [-0.1, -0.05) is 0 Å². The van der Waals surface area contributed by atoms with Crippen molar-refractivity contribution in [1.82, 2.24) is 15.3 Å². The van der Waals surface area contributed by atoms with Crippen LogP contribution in [0.15, 0.2) is 12.1 Å². The first-order chi connectivity index (χ1) is 9.88. The average Bonchev–Trinajstić information content (AvgIpc) is 2.43. The normalized spacial score (nSPS) is 16.7. The van der Waals surface area contributed by atoms with Crippen molar-refractivity contribution in [2.24, 2.45) is 0 Å². The third-order valence-electron chi connectivity index (χ3n) is 3.22. The molecule has 0 atom stereocenters. The van der Waals surface area contributed by atoms with Crippen LogP contribution in [0.25, 0.3) is 0 Å². The molecule has 1 heterocycles. The van der Waals surface area contributed by atoms with Gasteiger partial charge in [-0.15, -0.1) is 0 Å². The molecule has 0 unspecified atom stereocenters. The smallest absolute Gasteiger partial charge is 0.304 e. The number of nitro benzene ring substituents is 1. The summed E-state index contributed by atoms with van der Waals surface area (Å²) in [5.74, 6) is -3.28. The fourth-order valence-corrected chi connectivity index (χ4v) is 2.00.